The van der Waals surface area contributed by atoms with Crippen molar-refractivity contribution in [3.05, 3.63) is 94.5 Å². The number of aromatic hydroxyl groups is 1. The summed E-state index contributed by atoms with van der Waals surface area (Å²) in [5, 5.41) is 13.1. The van der Waals surface area contributed by atoms with Crippen molar-refractivity contribution in [3.8, 4) is 16.9 Å². The predicted molar refractivity (Wildman–Crippen MR) is 120 cm³/mol. The highest BCUT2D eigenvalue weighted by Gasteiger charge is 2.28. The van der Waals surface area contributed by atoms with Crippen molar-refractivity contribution in [2.24, 2.45) is 0 Å². The second-order valence-corrected chi connectivity index (χ2v) is 7.58. The molecule has 0 atom stereocenters. The van der Waals surface area contributed by atoms with Crippen molar-refractivity contribution in [2.75, 3.05) is 13.2 Å². The Hall–Kier alpha value is -3.24. The first-order valence-electron chi connectivity index (χ1n) is 9.87. The van der Waals surface area contributed by atoms with Crippen LogP contribution in [0.3, 0.4) is 0 Å². The van der Waals surface area contributed by atoms with Crippen molar-refractivity contribution in [1.82, 2.24) is 5.32 Å². The molecule has 0 heterocycles. The average Bonchev–Trinajstić information content (AvgIpc) is 3.08. The van der Waals surface area contributed by atoms with Crippen molar-refractivity contribution in [3.63, 3.8) is 0 Å². The topological polar surface area (TPSA) is 58.6 Å². The smallest absolute Gasteiger partial charge is 0.407 e. The summed E-state index contributed by atoms with van der Waals surface area (Å²) in [5.74, 6) is 0.217. The Morgan fingerprint density at radius 3 is 2.40 bits per heavy atom. The van der Waals surface area contributed by atoms with Crippen LogP contribution in [-0.4, -0.2) is 24.4 Å². The number of nitrogens with one attached hydrogen (secondary N) is 1. The van der Waals surface area contributed by atoms with Gasteiger partial charge in [0.15, 0.2) is 0 Å². The number of ether oxygens (including phenoxy) is 1. The quantitative estimate of drug-likeness (QED) is 0.482. The summed E-state index contributed by atoms with van der Waals surface area (Å²) in [6.45, 7) is 0.737. The molecule has 0 aromatic heterocycles. The Labute approximate surface area is 180 Å². The van der Waals surface area contributed by atoms with Crippen LogP contribution in [0, 0.1) is 0 Å². The third kappa shape index (κ3) is 4.34. The van der Waals surface area contributed by atoms with E-state index in [9.17, 15) is 9.90 Å². The number of benzene rings is 3. The van der Waals surface area contributed by atoms with Gasteiger partial charge in [-0.3, -0.25) is 0 Å². The zero-order chi connectivity index (χ0) is 20.9. The zero-order valence-electron chi connectivity index (χ0n) is 16.3. The maximum absolute atomic E-state index is 12.1. The summed E-state index contributed by atoms with van der Waals surface area (Å²) >= 11 is 5.93. The summed E-state index contributed by atoms with van der Waals surface area (Å²) in [4.78, 5) is 12.1. The lowest BCUT2D eigenvalue weighted by Gasteiger charge is -2.14. The van der Waals surface area contributed by atoms with Gasteiger partial charge < -0.3 is 15.2 Å². The fourth-order valence-electron chi connectivity index (χ4n) is 3.78. The van der Waals surface area contributed by atoms with E-state index < -0.39 is 6.09 Å². The van der Waals surface area contributed by atoms with Gasteiger partial charge in [0.25, 0.3) is 0 Å². The second-order valence-electron chi connectivity index (χ2n) is 7.15. The number of phenolic OH excluding ortho intramolecular Hbond substituents is 1. The molecule has 0 radical (unpaired) electrons. The summed E-state index contributed by atoms with van der Waals surface area (Å²) in [6.07, 6.45) is 3.82. The van der Waals surface area contributed by atoms with Gasteiger partial charge in [-0.1, -0.05) is 72.3 Å². The Morgan fingerprint density at radius 2 is 1.70 bits per heavy atom. The Balaban J connectivity index is 1.28. The number of rotatable bonds is 6. The number of carbonyl (C=O) groups excluding carboxylic acids is 1. The molecule has 1 aliphatic rings. The molecule has 2 N–H and O–H groups in total. The Bertz CT molecular complexity index is 1050. The molecule has 4 rings (SSSR count). The van der Waals surface area contributed by atoms with E-state index in [1.807, 2.05) is 30.3 Å². The number of halogens is 1. The average molecular weight is 420 g/mol. The molecule has 5 heteroatoms. The maximum atomic E-state index is 12.1. The van der Waals surface area contributed by atoms with E-state index in [0.29, 0.717) is 30.2 Å². The molecular formula is C25H22ClNO3. The maximum Gasteiger partial charge on any atom is 0.407 e. The molecule has 3 aromatic rings. The van der Waals surface area contributed by atoms with Gasteiger partial charge in [-0.15, -0.1) is 0 Å². The first-order chi connectivity index (χ1) is 14.6. The lowest BCUT2D eigenvalue weighted by atomic mass is 9.98. The van der Waals surface area contributed by atoms with E-state index in [2.05, 4.69) is 29.6 Å². The normalized spacial score (nSPS) is 12.6. The first-order valence-corrected chi connectivity index (χ1v) is 10.2. The fraction of sp³-hybridized carbons (Fsp3) is 0.160. The lowest BCUT2D eigenvalue weighted by Crippen LogP contribution is -2.26. The number of alkyl carbamates (subject to hydrolysis) is 1. The van der Waals surface area contributed by atoms with E-state index in [1.54, 1.807) is 24.3 Å². The minimum absolute atomic E-state index is 0.0499. The van der Waals surface area contributed by atoms with Gasteiger partial charge in [-0.2, -0.15) is 0 Å². The highest BCUT2D eigenvalue weighted by Crippen LogP contribution is 2.44. The molecular weight excluding hydrogens is 398 g/mol. The first kappa shape index (κ1) is 20.0. The van der Waals surface area contributed by atoms with E-state index >= 15 is 0 Å². The molecule has 0 fully saturated rings. The third-order valence-electron chi connectivity index (χ3n) is 5.21. The molecule has 30 heavy (non-hydrogen) atoms. The SMILES string of the molecule is O=C(NCCC=Cc1cc(Cl)ccc1O)OCC1c2ccccc2-c2ccccc21. The van der Waals surface area contributed by atoms with Crippen molar-refractivity contribution in [1.29, 1.82) is 0 Å². The van der Waals surface area contributed by atoms with Crippen LogP contribution in [0.5, 0.6) is 5.75 Å². The number of phenols is 1. The van der Waals surface area contributed by atoms with Crippen LogP contribution in [0.25, 0.3) is 17.2 Å². The number of hydrogen-bond donors (Lipinski definition) is 2. The summed E-state index contributed by atoms with van der Waals surface area (Å²) < 4.78 is 5.51. The molecule has 0 saturated carbocycles. The molecule has 4 nitrogen and oxygen atoms in total. The number of carbonyl (C=O) groups is 1. The minimum atomic E-state index is -0.434. The van der Waals surface area contributed by atoms with Gasteiger partial charge in [0.2, 0.25) is 0 Å². The van der Waals surface area contributed by atoms with Crippen LogP contribution < -0.4 is 5.32 Å². The van der Waals surface area contributed by atoms with Crippen LogP contribution in [0.1, 0.15) is 29.0 Å². The van der Waals surface area contributed by atoms with E-state index in [4.69, 9.17) is 16.3 Å². The van der Waals surface area contributed by atoms with Crippen molar-refractivity contribution < 1.29 is 14.6 Å². The number of fused-ring (bicyclic) bond motifs is 3. The van der Waals surface area contributed by atoms with Gasteiger partial charge in [-0.25, -0.2) is 4.79 Å². The van der Waals surface area contributed by atoms with Crippen LogP contribution in [0.2, 0.25) is 5.02 Å². The number of amides is 1. The summed E-state index contributed by atoms with van der Waals surface area (Å²) in [5.41, 5.74) is 5.43. The molecule has 0 spiro atoms. The molecule has 1 aliphatic carbocycles. The van der Waals surface area contributed by atoms with Crippen LogP contribution in [0.4, 0.5) is 4.79 Å². The molecule has 0 aliphatic heterocycles. The monoisotopic (exact) mass is 419 g/mol. The highest BCUT2D eigenvalue weighted by atomic mass is 35.5. The van der Waals surface area contributed by atoms with E-state index in [0.717, 1.165) is 0 Å². The fourth-order valence-corrected chi connectivity index (χ4v) is 3.96. The second kappa shape index (κ2) is 9.06. The Kier molecular flexibility index (Phi) is 6.05. The predicted octanol–water partition coefficient (Wildman–Crippen LogP) is 5.99. The Morgan fingerprint density at radius 1 is 1.03 bits per heavy atom. The van der Waals surface area contributed by atoms with Crippen molar-refractivity contribution >= 4 is 23.8 Å². The van der Waals surface area contributed by atoms with Gasteiger partial charge in [0.1, 0.15) is 12.4 Å². The van der Waals surface area contributed by atoms with Crippen LogP contribution in [-0.2, 0) is 4.74 Å². The minimum Gasteiger partial charge on any atom is -0.507 e. The van der Waals surface area contributed by atoms with Gasteiger partial charge >= 0.3 is 6.09 Å². The highest BCUT2D eigenvalue weighted by molar-refractivity contribution is 6.30. The molecule has 0 saturated heterocycles. The summed E-state index contributed by atoms with van der Waals surface area (Å²) in [6, 6.07) is 21.4. The van der Waals surface area contributed by atoms with Crippen LogP contribution in [0.15, 0.2) is 72.8 Å². The molecule has 152 valence electrons. The van der Waals surface area contributed by atoms with Gasteiger partial charge in [0.05, 0.1) is 0 Å². The molecule has 1 amide bonds. The number of hydrogen-bond acceptors (Lipinski definition) is 3. The third-order valence-corrected chi connectivity index (χ3v) is 5.45. The van der Waals surface area contributed by atoms with E-state index in [-0.39, 0.29) is 11.7 Å². The lowest BCUT2D eigenvalue weighted by molar-refractivity contribution is 0.143. The van der Waals surface area contributed by atoms with Crippen LogP contribution >= 0.6 is 11.6 Å². The standard InChI is InChI=1S/C25H22ClNO3/c26-18-12-13-24(28)17(15-18)7-5-6-14-27-25(29)30-16-23-21-10-3-1-8-19(21)20-9-2-4-11-22(20)23/h1-5,7-13,15,23,28H,6,14,16H2,(H,27,29). The molecule has 0 bridgehead atoms. The zero-order valence-corrected chi connectivity index (χ0v) is 17.1. The van der Waals surface area contributed by atoms with Gasteiger partial charge in [-0.05, 0) is 46.9 Å². The molecule has 3 aromatic carbocycles. The summed E-state index contributed by atoms with van der Waals surface area (Å²) in [7, 11) is 0. The van der Waals surface area contributed by atoms with Crippen molar-refractivity contribution in [2.45, 2.75) is 12.3 Å². The largest absolute Gasteiger partial charge is 0.507 e. The molecule has 0 unspecified atom stereocenters. The van der Waals surface area contributed by atoms with Gasteiger partial charge in [0, 0.05) is 23.0 Å². The van der Waals surface area contributed by atoms with E-state index in [1.165, 1.54) is 22.3 Å².